The fourth-order valence-corrected chi connectivity index (χ4v) is 3.40. The molecule has 1 saturated heterocycles. The first-order valence-corrected chi connectivity index (χ1v) is 10.6. The van der Waals surface area contributed by atoms with E-state index in [1.54, 1.807) is 12.4 Å². The SMILES string of the molecule is Clc1cccc(CN=Cc2cc(N3CCOCC3)nc(OCCc3ccccn3)n2)c1. The van der Waals surface area contributed by atoms with Crippen molar-refractivity contribution in [2.45, 2.75) is 13.0 Å². The van der Waals surface area contributed by atoms with Gasteiger partial charge in [-0.25, -0.2) is 0 Å². The number of aromatic nitrogens is 3. The highest BCUT2D eigenvalue weighted by Gasteiger charge is 2.15. The van der Waals surface area contributed by atoms with Gasteiger partial charge in [0.05, 0.1) is 32.1 Å². The maximum atomic E-state index is 6.05. The molecule has 7 nitrogen and oxygen atoms in total. The summed E-state index contributed by atoms with van der Waals surface area (Å²) in [5.74, 6) is 0.815. The molecule has 0 aliphatic carbocycles. The van der Waals surface area contributed by atoms with E-state index in [2.05, 4.69) is 24.8 Å². The summed E-state index contributed by atoms with van der Waals surface area (Å²) in [7, 11) is 0. The predicted molar refractivity (Wildman–Crippen MR) is 121 cm³/mol. The third-order valence-corrected chi connectivity index (χ3v) is 4.98. The minimum Gasteiger partial charge on any atom is -0.463 e. The number of pyridine rings is 1. The van der Waals surface area contributed by atoms with Gasteiger partial charge in [-0.2, -0.15) is 9.97 Å². The lowest BCUT2D eigenvalue weighted by atomic mass is 10.2. The van der Waals surface area contributed by atoms with E-state index in [9.17, 15) is 0 Å². The van der Waals surface area contributed by atoms with Crippen molar-refractivity contribution in [2.75, 3.05) is 37.8 Å². The summed E-state index contributed by atoms with van der Waals surface area (Å²) in [5, 5.41) is 0.702. The Labute approximate surface area is 186 Å². The highest BCUT2D eigenvalue weighted by Crippen LogP contribution is 2.18. The van der Waals surface area contributed by atoms with E-state index in [0.717, 1.165) is 30.2 Å². The molecule has 0 radical (unpaired) electrons. The molecule has 3 heterocycles. The van der Waals surface area contributed by atoms with E-state index < -0.39 is 0 Å². The first kappa shape index (κ1) is 21.2. The third kappa shape index (κ3) is 6.47. The predicted octanol–water partition coefficient (Wildman–Crippen LogP) is 3.60. The quantitative estimate of drug-likeness (QED) is 0.501. The van der Waals surface area contributed by atoms with Gasteiger partial charge in [0.2, 0.25) is 0 Å². The van der Waals surface area contributed by atoms with Gasteiger partial charge >= 0.3 is 6.01 Å². The first-order chi connectivity index (χ1) is 15.3. The number of aliphatic imine (C=N–C) groups is 1. The van der Waals surface area contributed by atoms with Crippen LogP contribution in [0.4, 0.5) is 5.82 Å². The Morgan fingerprint density at radius 1 is 1.10 bits per heavy atom. The molecule has 0 N–H and O–H groups in total. The van der Waals surface area contributed by atoms with Crippen LogP contribution in [0, 0.1) is 0 Å². The number of hydrogen-bond donors (Lipinski definition) is 0. The van der Waals surface area contributed by atoms with Crippen LogP contribution < -0.4 is 9.64 Å². The number of anilines is 1. The number of benzene rings is 1. The highest BCUT2D eigenvalue weighted by molar-refractivity contribution is 6.30. The molecule has 1 aliphatic heterocycles. The zero-order valence-electron chi connectivity index (χ0n) is 17.2. The fourth-order valence-electron chi connectivity index (χ4n) is 3.19. The summed E-state index contributed by atoms with van der Waals surface area (Å²) in [4.78, 5) is 20.1. The van der Waals surface area contributed by atoms with Crippen molar-refractivity contribution in [1.82, 2.24) is 15.0 Å². The molecular formula is C23H24ClN5O2. The van der Waals surface area contributed by atoms with Crippen LogP contribution in [0.2, 0.25) is 5.02 Å². The average Bonchev–Trinajstić information content (AvgIpc) is 2.80. The van der Waals surface area contributed by atoms with Gasteiger partial charge in [-0.3, -0.25) is 9.98 Å². The van der Waals surface area contributed by atoms with E-state index in [1.165, 1.54) is 0 Å². The van der Waals surface area contributed by atoms with E-state index in [-0.39, 0.29) is 0 Å². The summed E-state index contributed by atoms with van der Waals surface area (Å²) in [6.45, 7) is 3.89. The molecule has 0 amide bonds. The van der Waals surface area contributed by atoms with Crippen LogP contribution in [0.15, 0.2) is 59.7 Å². The van der Waals surface area contributed by atoms with Gasteiger partial charge in [0, 0.05) is 48.7 Å². The van der Waals surface area contributed by atoms with E-state index in [4.69, 9.17) is 21.1 Å². The van der Waals surface area contributed by atoms with E-state index in [1.807, 2.05) is 48.5 Å². The standard InChI is InChI=1S/C23H24ClN5O2/c24-19-5-3-4-18(14-19)16-25-17-21-15-22(29-9-12-30-13-10-29)28-23(27-21)31-11-7-20-6-1-2-8-26-20/h1-6,8,14-15,17H,7,9-13,16H2. The second kappa shape index (κ2) is 10.8. The maximum absolute atomic E-state index is 6.05. The van der Waals surface area contributed by atoms with Gasteiger partial charge in [-0.1, -0.05) is 29.8 Å². The molecule has 31 heavy (non-hydrogen) atoms. The molecule has 0 saturated carbocycles. The van der Waals surface area contributed by atoms with Crippen LogP contribution in [0.25, 0.3) is 0 Å². The van der Waals surface area contributed by atoms with Crippen molar-refractivity contribution < 1.29 is 9.47 Å². The van der Waals surface area contributed by atoms with Crippen molar-refractivity contribution in [1.29, 1.82) is 0 Å². The van der Waals surface area contributed by atoms with Gasteiger partial charge in [-0.15, -0.1) is 0 Å². The molecule has 160 valence electrons. The van der Waals surface area contributed by atoms with Gasteiger partial charge in [0.15, 0.2) is 0 Å². The van der Waals surface area contributed by atoms with Crippen LogP contribution >= 0.6 is 11.6 Å². The number of hydrogen-bond acceptors (Lipinski definition) is 7. The smallest absolute Gasteiger partial charge is 0.318 e. The van der Waals surface area contributed by atoms with Crippen LogP contribution in [0.5, 0.6) is 6.01 Å². The molecular weight excluding hydrogens is 414 g/mol. The van der Waals surface area contributed by atoms with Gasteiger partial charge in [0.25, 0.3) is 0 Å². The second-order valence-corrected chi connectivity index (χ2v) is 7.49. The zero-order valence-corrected chi connectivity index (χ0v) is 17.9. The van der Waals surface area contributed by atoms with Crippen molar-refractivity contribution in [3.63, 3.8) is 0 Å². The van der Waals surface area contributed by atoms with E-state index >= 15 is 0 Å². The summed E-state index contributed by atoms with van der Waals surface area (Å²) in [6, 6.07) is 15.8. The normalized spacial score (nSPS) is 14.2. The molecule has 1 aromatic carbocycles. The molecule has 0 bridgehead atoms. The molecule has 2 aromatic heterocycles. The first-order valence-electron chi connectivity index (χ1n) is 10.2. The van der Waals surface area contributed by atoms with Crippen LogP contribution in [-0.4, -0.2) is 54.1 Å². The highest BCUT2D eigenvalue weighted by atomic mass is 35.5. The number of halogens is 1. The molecule has 0 spiro atoms. The Kier molecular flexibility index (Phi) is 7.41. The lowest BCUT2D eigenvalue weighted by Gasteiger charge is -2.28. The molecule has 1 fully saturated rings. The summed E-state index contributed by atoms with van der Waals surface area (Å²) >= 11 is 6.05. The Hall–Kier alpha value is -3.03. The Morgan fingerprint density at radius 2 is 2.00 bits per heavy atom. The third-order valence-electron chi connectivity index (χ3n) is 4.75. The van der Waals surface area contributed by atoms with Crippen LogP contribution in [-0.2, 0) is 17.7 Å². The lowest BCUT2D eigenvalue weighted by molar-refractivity contribution is 0.122. The molecule has 4 rings (SSSR count). The molecule has 0 atom stereocenters. The van der Waals surface area contributed by atoms with Crippen molar-refractivity contribution in [3.8, 4) is 6.01 Å². The van der Waals surface area contributed by atoms with Gasteiger partial charge in [-0.05, 0) is 29.8 Å². The van der Waals surface area contributed by atoms with Crippen LogP contribution in [0.3, 0.4) is 0 Å². The minimum atomic E-state index is 0.337. The minimum absolute atomic E-state index is 0.337. The maximum Gasteiger partial charge on any atom is 0.318 e. The lowest BCUT2D eigenvalue weighted by Crippen LogP contribution is -2.37. The largest absolute Gasteiger partial charge is 0.463 e. The second-order valence-electron chi connectivity index (χ2n) is 7.05. The Morgan fingerprint density at radius 3 is 2.81 bits per heavy atom. The number of nitrogens with zero attached hydrogens (tertiary/aromatic N) is 5. The monoisotopic (exact) mass is 437 g/mol. The topological polar surface area (TPSA) is 72.7 Å². The number of ether oxygens (including phenoxy) is 2. The Balaban J connectivity index is 1.47. The summed E-state index contributed by atoms with van der Waals surface area (Å²) in [6.07, 6.45) is 4.21. The van der Waals surface area contributed by atoms with Crippen molar-refractivity contribution in [3.05, 3.63) is 76.7 Å². The molecule has 1 aliphatic rings. The van der Waals surface area contributed by atoms with Crippen molar-refractivity contribution in [2.24, 2.45) is 4.99 Å². The van der Waals surface area contributed by atoms with Crippen LogP contribution in [0.1, 0.15) is 17.0 Å². The Bertz CT molecular complexity index is 1010. The molecule has 8 heteroatoms. The van der Waals surface area contributed by atoms with Gasteiger partial charge in [0.1, 0.15) is 5.82 Å². The van der Waals surface area contributed by atoms with Crippen molar-refractivity contribution >= 4 is 23.6 Å². The van der Waals surface area contributed by atoms with Gasteiger partial charge < -0.3 is 14.4 Å². The van der Waals surface area contributed by atoms with E-state index in [0.29, 0.717) is 49.5 Å². The zero-order chi connectivity index (χ0) is 21.3. The molecule has 0 unspecified atom stereocenters. The number of morpholine rings is 1. The summed E-state index contributed by atoms with van der Waals surface area (Å²) in [5.41, 5.74) is 2.71. The summed E-state index contributed by atoms with van der Waals surface area (Å²) < 4.78 is 11.3. The number of rotatable bonds is 8. The average molecular weight is 438 g/mol. The fraction of sp³-hybridized carbons (Fsp3) is 0.304. The molecule has 3 aromatic rings.